The molecule has 0 aliphatic rings. The molecule has 0 saturated carbocycles. The minimum absolute atomic E-state index is 0.0798. The molecular formula is C24H25N3O5. The monoisotopic (exact) mass is 435 g/mol. The summed E-state index contributed by atoms with van der Waals surface area (Å²) in [6.07, 6.45) is 0.732. The zero-order chi connectivity index (χ0) is 22.9. The molecule has 0 fully saturated rings. The maximum absolute atomic E-state index is 12.7. The Kier molecular flexibility index (Phi) is 7.64. The van der Waals surface area contributed by atoms with E-state index in [-0.39, 0.29) is 5.56 Å². The largest absolute Gasteiger partial charge is 0.494 e. The third kappa shape index (κ3) is 5.98. The quantitative estimate of drug-likeness (QED) is 0.530. The molecule has 0 aliphatic carbocycles. The summed E-state index contributed by atoms with van der Waals surface area (Å²) in [5.74, 6) is -0.0916. The molecule has 1 unspecified atom stereocenters. The molecule has 2 aromatic carbocycles. The van der Waals surface area contributed by atoms with Crippen LogP contribution in [-0.2, 0) is 11.3 Å². The number of hydrogen-bond acceptors (Lipinski definition) is 5. The van der Waals surface area contributed by atoms with Gasteiger partial charge >= 0.3 is 0 Å². The van der Waals surface area contributed by atoms with Gasteiger partial charge in [-0.05, 0) is 55.8 Å². The lowest BCUT2D eigenvalue weighted by Crippen LogP contribution is -2.48. The second-order valence-corrected chi connectivity index (χ2v) is 6.95. The molecule has 2 N–H and O–H groups in total. The summed E-state index contributed by atoms with van der Waals surface area (Å²) in [5.41, 5.74) is 4.96. The van der Waals surface area contributed by atoms with E-state index in [9.17, 15) is 14.4 Å². The summed E-state index contributed by atoms with van der Waals surface area (Å²) in [6, 6.07) is 19.3. The predicted octanol–water partition coefficient (Wildman–Crippen LogP) is 2.52. The molecule has 32 heavy (non-hydrogen) atoms. The van der Waals surface area contributed by atoms with E-state index in [2.05, 4.69) is 10.9 Å². The Morgan fingerprint density at radius 1 is 0.938 bits per heavy atom. The van der Waals surface area contributed by atoms with Gasteiger partial charge in [-0.25, -0.2) is 0 Å². The number of nitrogens with one attached hydrogen (secondary N) is 2. The fraction of sp³-hybridized carbons (Fsp3) is 0.208. The lowest BCUT2D eigenvalue weighted by molar-refractivity contribution is -0.128. The lowest BCUT2D eigenvalue weighted by atomic mass is 10.2. The van der Waals surface area contributed by atoms with Crippen LogP contribution in [0.15, 0.2) is 77.7 Å². The molecule has 8 nitrogen and oxygen atoms in total. The fourth-order valence-electron chi connectivity index (χ4n) is 2.94. The van der Waals surface area contributed by atoms with Crippen LogP contribution in [0.2, 0.25) is 0 Å². The third-order valence-corrected chi connectivity index (χ3v) is 4.58. The highest BCUT2D eigenvalue weighted by Gasteiger charge is 2.18. The molecule has 166 valence electrons. The molecule has 2 amide bonds. The number of amides is 2. The van der Waals surface area contributed by atoms with E-state index in [1.54, 1.807) is 43.5 Å². The van der Waals surface area contributed by atoms with Crippen molar-refractivity contribution in [1.29, 1.82) is 0 Å². The Morgan fingerprint density at radius 2 is 1.62 bits per heavy atom. The highest BCUT2D eigenvalue weighted by molar-refractivity contribution is 5.95. The number of hydrazine groups is 1. The molecule has 1 heterocycles. The molecule has 0 saturated heterocycles. The van der Waals surface area contributed by atoms with E-state index in [0.29, 0.717) is 24.7 Å². The SMILES string of the molecule is CCOc1ccc(OC(C)C(=O)NNC(=O)c2cccn(Cc3ccccc3)c2=O)cc1. The Balaban J connectivity index is 1.57. The van der Waals surface area contributed by atoms with Gasteiger partial charge in [-0.1, -0.05) is 30.3 Å². The van der Waals surface area contributed by atoms with Crippen molar-refractivity contribution in [3.8, 4) is 11.5 Å². The number of carbonyl (C=O) groups excluding carboxylic acids is 2. The van der Waals surface area contributed by atoms with Crippen LogP contribution in [0.3, 0.4) is 0 Å². The number of ether oxygens (including phenoxy) is 2. The van der Waals surface area contributed by atoms with Crippen LogP contribution in [0.4, 0.5) is 0 Å². The summed E-state index contributed by atoms with van der Waals surface area (Å²) in [5, 5.41) is 0. The summed E-state index contributed by atoms with van der Waals surface area (Å²) >= 11 is 0. The van der Waals surface area contributed by atoms with Crippen molar-refractivity contribution in [1.82, 2.24) is 15.4 Å². The highest BCUT2D eigenvalue weighted by Crippen LogP contribution is 2.18. The van der Waals surface area contributed by atoms with Crippen molar-refractivity contribution < 1.29 is 19.1 Å². The molecule has 0 spiro atoms. The van der Waals surface area contributed by atoms with Crippen molar-refractivity contribution >= 4 is 11.8 Å². The van der Waals surface area contributed by atoms with Crippen molar-refractivity contribution in [2.24, 2.45) is 0 Å². The summed E-state index contributed by atoms with van der Waals surface area (Å²) in [7, 11) is 0. The Morgan fingerprint density at radius 3 is 2.31 bits per heavy atom. The van der Waals surface area contributed by atoms with Crippen LogP contribution < -0.4 is 25.9 Å². The van der Waals surface area contributed by atoms with Crippen LogP contribution in [0.5, 0.6) is 11.5 Å². The highest BCUT2D eigenvalue weighted by atomic mass is 16.5. The smallest absolute Gasteiger partial charge is 0.279 e. The number of nitrogens with zero attached hydrogens (tertiary/aromatic N) is 1. The second kappa shape index (κ2) is 10.8. The first-order valence-corrected chi connectivity index (χ1v) is 10.2. The van der Waals surface area contributed by atoms with Gasteiger partial charge in [0.1, 0.15) is 17.1 Å². The molecule has 1 atom stereocenters. The molecule has 3 aromatic rings. The summed E-state index contributed by atoms with van der Waals surface area (Å²) < 4.78 is 12.4. The normalized spacial score (nSPS) is 11.3. The summed E-state index contributed by atoms with van der Waals surface area (Å²) in [6.45, 7) is 4.32. The minimum atomic E-state index is -0.876. The molecular weight excluding hydrogens is 410 g/mol. The lowest BCUT2D eigenvalue weighted by Gasteiger charge is -2.15. The first-order valence-electron chi connectivity index (χ1n) is 10.2. The predicted molar refractivity (Wildman–Crippen MR) is 120 cm³/mol. The molecule has 1 aromatic heterocycles. The zero-order valence-electron chi connectivity index (χ0n) is 17.9. The molecule has 3 rings (SSSR count). The van der Waals surface area contributed by atoms with E-state index in [1.807, 2.05) is 37.3 Å². The van der Waals surface area contributed by atoms with Crippen LogP contribution in [0, 0.1) is 0 Å². The third-order valence-electron chi connectivity index (χ3n) is 4.58. The van der Waals surface area contributed by atoms with Crippen LogP contribution in [-0.4, -0.2) is 29.1 Å². The summed E-state index contributed by atoms with van der Waals surface area (Å²) in [4.78, 5) is 37.4. The van der Waals surface area contributed by atoms with Crippen molar-refractivity contribution in [2.45, 2.75) is 26.5 Å². The Hall–Kier alpha value is -4.07. The van der Waals surface area contributed by atoms with Gasteiger partial charge < -0.3 is 14.0 Å². The van der Waals surface area contributed by atoms with Crippen LogP contribution in [0.25, 0.3) is 0 Å². The minimum Gasteiger partial charge on any atom is -0.494 e. The maximum atomic E-state index is 12.7. The van der Waals surface area contributed by atoms with E-state index in [1.165, 1.54) is 10.6 Å². The van der Waals surface area contributed by atoms with Crippen LogP contribution in [0.1, 0.15) is 29.8 Å². The van der Waals surface area contributed by atoms with E-state index in [4.69, 9.17) is 9.47 Å². The van der Waals surface area contributed by atoms with Gasteiger partial charge in [-0.3, -0.25) is 25.2 Å². The standard InChI is InChI=1S/C24H25N3O5/c1-3-31-19-11-13-20(14-12-19)32-17(2)22(28)25-26-23(29)21-10-7-15-27(24(21)30)16-18-8-5-4-6-9-18/h4-15,17H,3,16H2,1-2H3,(H,25,28)(H,26,29). The number of aromatic nitrogens is 1. The van der Waals surface area contributed by atoms with E-state index >= 15 is 0 Å². The van der Waals surface area contributed by atoms with E-state index < -0.39 is 23.5 Å². The Labute approximate surface area is 185 Å². The molecule has 8 heteroatoms. The first kappa shape index (κ1) is 22.6. The number of pyridine rings is 1. The van der Waals surface area contributed by atoms with Gasteiger partial charge in [0.25, 0.3) is 17.4 Å². The van der Waals surface area contributed by atoms with Crippen LogP contribution >= 0.6 is 0 Å². The Bertz CT molecular complexity index is 1110. The van der Waals surface area contributed by atoms with Crippen molar-refractivity contribution in [2.75, 3.05) is 6.61 Å². The van der Waals surface area contributed by atoms with Gasteiger partial charge in [-0.15, -0.1) is 0 Å². The van der Waals surface area contributed by atoms with Gasteiger partial charge in [-0.2, -0.15) is 0 Å². The van der Waals surface area contributed by atoms with Gasteiger partial charge in [0.2, 0.25) is 0 Å². The average molecular weight is 435 g/mol. The molecule has 0 bridgehead atoms. The molecule has 0 radical (unpaired) electrons. The topological polar surface area (TPSA) is 98.7 Å². The number of benzene rings is 2. The van der Waals surface area contributed by atoms with E-state index in [0.717, 1.165) is 5.56 Å². The van der Waals surface area contributed by atoms with Crippen molar-refractivity contribution in [3.05, 3.63) is 94.4 Å². The number of hydrogen-bond donors (Lipinski definition) is 2. The fourth-order valence-corrected chi connectivity index (χ4v) is 2.94. The maximum Gasteiger partial charge on any atom is 0.279 e. The van der Waals surface area contributed by atoms with Gasteiger partial charge in [0.15, 0.2) is 6.10 Å². The van der Waals surface area contributed by atoms with Gasteiger partial charge in [0.05, 0.1) is 13.2 Å². The first-order chi connectivity index (χ1) is 15.5. The van der Waals surface area contributed by atoms with Gasteiger partial charge in [0, 0.05) is 6.20 Å². The molecule has 0 aliphatic heterocycles. The van der Waals surface area contributed by atoms with Crippen molar-refractivity contribution in [3.63, 3.8) is 0 Å². The number of rotatable bonds is 8. The second-order valence-electron chi connectivity index (χ2n) is 6.95. The zero-order valence-corrected chi connectivity index (χ0v) is 17.9. The number of carbonyl (C=O) groups is 2. The average Bonchev–Trinajstić information content (AvgIpc) is 2.80.